The van der Waals surface area contributed by atoms with Crippen LogP contribution in [0.1, 0.15) is 18.5 Å². The molecule has 1 aromatic carbocycles. The summed E-state index contributed by atoms with van der Waals surface area (Å²) in [6.07, 6.45) is 0. The summed E-state index contributed by atoms with van der Waals surface area (Å²) in [6.45, 7) is 1.87. The van der Waals surface area contributed by atoms with Gasteiger partial charge in [0.1, 0.15) is 0 Å². The zero-order valence-corrected chi connectivity index (χ0v) is 14.0. The number of ether oxygens (including phenoxy) is 1. The Hall–Kier alpha value is -1.59. The van der Waals surface area contributed by atoms with Crippen LogP contribution < -0.4 is 0 Å². The van der Waals surface area contributed by atoms with Crippen LogP contribution in [-0.2, 0) is 9.53 Å². The average Bonchev–Trinajstić information content (AvgIpc) is 2.49. The Bertz CT molecular complexity index is 613. The van der Waals surface area contributed by atoms with Crippen molar-refractivity contribution >= 4 is 34.9 Å². The molecule has 0 aromatic heterocycles. The van der Waals surface area contributed by atoms with Gasteiger partial charge < -0.3 is 14.5 Å². The number of hydrogen-bond acceptors (Lipinski definition) is 3. The van der Waals surface area contributed by atoms with E-state index >= 15 is 0 Å². The van der Waals surface area contributed by atoms with Crippen molar-refractivity contribution in [3.63, 3.8) is 0 Å². The zero-order valence-electron chi connectivity index (χ0n) is 12.4. The van der Waals surface area contributed by atoms with Crippen LogP contribution >= 0.6 is 23.8 Å². The predicted molar refractivity (Wildman–Crippen MR) is 87.0 cm³/mol. The van der Waals surface area contributed by atoms with Gasteiger partial charge in [-0.1, -0.05) is 23.7 Å². The highest BCUT2D eigenvalue weighted by Crippen LogP contribution is 2.36. The minimum Gasteiger partial charge on any atom is -0.466 e. The van der Waals surface area contributed by atoms with Crippen LogP contribution in [0.5, 0.6) is 0 Å². The van der Waals surface area contributed by atoms with E-state index in [0.29, 0.717) is 15.7 Å². The highest BCUT2D eigenvalue weighted by molar-refractivity contribution is 7.80. The number of halogens is 1. The second kappa shape index (κ2) is 6.03. The van der Waals surface area contributed by atoms with E-state index in [1.807, 2.05) is 43.0 Å². The summed E-state index contributed by atoms with van der Waals surface area (Å²) in [5.74, 6) is -0.353. The Morgan fingerprint density at radius 3 is 2.38 bits per heavy atom. The molecule has 0 fully saturated rings. The van der Waals surface area contributed by atoms with Gasteiger partial charge in [-0.2, -0.15) is 0 Å². The van der Waals surface area contributed by atoms with Gasteiger partial charge in [0.15, 0.2) is 5.11 Å². The molecule has 0 aliphatic carbocycles. The summed E-state index contributed by atoms with van der Waals surface area (Å²) in [7, 11) is 5.09. The van der Waals surface area contributed by atoms with Crippen molar-refractivity contribution in [1.82, 2.24) is 9.80 Å². The van der Waals surface area contributed by atoms with E-state index < -0.39 is 0 Å². The van der Waals surface area contributed by atoms with Gasteiger partial charge in [-0.05, 0) is 36.8 Å². The second-order valence-electron chi connectivity index (χ2n) is 4.90. The fourth-order valence-corrected chi connectivity index (χ4v) is 2.84. The minimum absolute atomic E-state index is 0.279. The molecule has 0 bridgehead atoms. The third kappa shape index (κ3) is 2.76. The standard InChI is InChI=1S/C15H17ClN2O2S/c1-9-12(14(19)20-4)13(18(3)15(21)17(9)2)10-5-7-11(16)8-6-10/h5-8,13H,1-4H3. The van der Waals surface area contributed by atoms with E-state index in [4.69, 9.17) is 28.6 Å². The molecule has 2 rings (SSSR count). The summed E-state index contributed by atoms with van der Waals surface area (Å²) >= 11 is 11.4. The summed E-state index contributed by atoms with van der Waals surface area (Å²) in [6, 6.07) is 7.12. The minimum atomic E-state index is -0.353. The molecular weight excluding hydrogens is 308 g/mol. The molecule has 1 unspecified atom stereocenters. The van der Waals surface area contributed by atoms with E-state index in [9.17, 15) is 4.79 Å². The van der Waals surface area contributed by atoms with Crippen molar-refractivity contribution in [2.24, 2.45) is 0 Å². The number of nitrogens with zero attached hydrogens (tertiary/aromatic N) is 2. The van der Waals surface area contributed by atoms with Crippen molar-refractivity contribution < 1.29 is 9.53 Å². The largest absolute Gasteiger partial charge is 0.466 e. The van der Waals surface area contributed by atoms with Crippen LogP contribution in [0.15, 0.2) is 35.5 Å². The molecular formula is C15H17ClN2O2S. The summed E-state index contributed by atoms with van der Waals surface area (Å²) in [5.41, 5.74) is 2.32. The van der Waals surface area contributed by atoms with Crippen LogP contribution in [0.3, 0.4) is 0 Å². The molecule has 21 heavy (non-hydrogen) atoms. The highest BCUT2D eigenvalue weighted by atomic mass is 35.5. The number of hydrogen-bond donors (Lipinski definition) is 0. The number of methoxy groups -OCH3 is 1. The first kappa shape index (κ1) is 15.8. The molecule has 0 amide bonds. The first-order valence-corrected chi connectivity index (χ1v) is 7.22. The summed E-state index contributed by atoms with van der Waals surface area (Å²) in [4.78, 5) is 15.9. The molecule has 0 N–H and O–H groups in total. The SMILES string of the molecule is COC(=O)C1=C(C)N(C)C(=S)N(C)C1c1ccc(Cl)cc1. The maximum absolute atomic E-state index is 12.2. The Balaban J connectivity index is 2.60. The molecule has 1 heterocycles. The average molecular weight is 325 g/mol. The van der Waals surface area contributed by atoms with E-state index in [1.54, 1.807) is 12.1 Å². The van der Waals surface area contributed by atoms with Gasteiger partial charge in [-0.15, -0.1) is 0 Å². The van der Waals surface area contributed by atoms with E-state index in [0.717, 1.165) is 11.3 Å². The third-order valence-electron chi connectivity index (χ3n) is 3.73. The maximum atomic E-state index is 12.2. The lowest BCUT2D eigenvalue weighted by molar-refractivity contribution is -0.137. The van der Waals surface area contributed by atoms with Crippen molar-refractivity contribution in [2.75, 3.05) is 21.2 Å². The molecule has 1 atom stereocenters. The molecule has 0 saturated heterocycles. The van der Waals surface area contributed by atoms with Gasteiger partial charge >= 0.3 is 5.97 Å². The number of likely N-dealkylation sites (N-methyl/N-ethyl adjacent to an activating group) is 1. The smallest absolute Gasteiger partial charge is 0.337 e. The molecule has 0 saturated carbocycles. The van der Waals surface area contributed by atoms with Gasteiger partial charge in [-0.3, -0.25) is 0 Å². The van der Waals surface area contributed by atoms with E-state index in [1.165, 1.54) is 7.11 Å². The van der Waals surface area contributed by atoms with Gasteiger partial charge in [0.2, 0.25) is 0 Å². The Morgan fingerprint density at radius 1 is 1.29 bits per heavy atom. The summed E-state index contributed by atoms with van der Waals surface area (Å²) in [5, 5.41) is 1.30. The molecule has 112 valence electrons. The third-order valence-corrected chi connectivity index (χ3v) is 4.55. The van der Waals surface area contributed by atoms with Crippen LogP contribution in [0.25, 0.3) is 0 Å². The quantitative estimate of drug-likeness (QED) is 0.617. The molecule has 0 spiro atoms. The molecule has 4 nitrogen and oxygen atoms in total. The van der Waals surface area contributed by atoms with Crippen molar-refractivity contribution in [2.45, 2.75) is 13.0 Å². The predicted octanol–water partition coefficient (Wildman–Crippen LogP) is 2.99. The zero-order chi connectivity index (χ0) is 15.7. The van der Waals surface area contributed by atoms with Crippen LogP contribution in [0.2, 0.25) is 5.02 Å². The maximum Gasteiger partial charge on any atom is 0.337 e. The molecule has 1 aliphatic heterocycles. The number of esters is 1. The fourth-order valence-electron chi connectivity index (χ4n) is 2.47. The monoisotopic (exact) mass is 324 g/mol. The number of carbonyl (C=O) groups excluding carboxylic acids is 1. The molecule has 1 aromatic rings. The molecule has 6 heteroatoms. The Kier molecular flexibility index (Phi) is 4.54. The van der Waals surface area contributed by atoms with Crippen LogP contribution in [0, 0.1) is 0 Å². The van der Waals surface area contributed by atoms with Crippen molar-refractivity contribution in [3.8, 4) is 0 Å². The first-order valence-electron chi connectivity index (χ1n) is 6.43. The number of thiocarbonyl (C=S) groups is 1. The van der Waals surface area contributed by atoms with Gasteiger partial charge in [0, 0.05) is 24.8 Å². The number of benzene rings is 1. The van der Waals surface area contributed by atoms with Crippen molar-refractivity contribution in [3.05, 3.63) is 46.1 Å². The highest BCUT2D eigenvalue weighted by Gasteiger charge is 2.36. The molecule has 1 aliphatic rings. The van der Waals surface area contributed by atoms with Crippen LogP contribution in [-0.4, -0.2) is 42.1 Å². The summed E-state index contributed by atoms with van der Waals surface area (Å²) < 4.78 is 4.95. The van der Waals surface area contributed by atoms with E-state index in [2.05, 4.69) is 0 Å². The van der Waals surface area contributed by atoms with Crippen LogP contribution in [0.4, 0.5) is 0 Å². The van der Waals surface area contributed by atoms with Gasteiger partial charge in [0.05, 0.1) is 18.7 Å². The number of rotatable bonds is 2. The number of allylic oxidation sites excluding steroid dienone is 1. The number of carbonyl (C=O) groups is 1. The first-order chi connectivity index (χ1) is 9.88. The topological polar surface area (TPSA) is 32.8 Å². The second-order valence-corrected chi connectivity index (χ2v) is 5.70. The lowest BCUT2D eigenvalue weighted by Crippen LogP contribution is -2.47. The Morgan fingerprint density at radius 2 is 1.86 bits per heavy atom. The van der Waals surface area contributed by atoms with Gasteiger partial charge in [-0.25, -0.2) is 4.79 Å². The van der Waals surface area contributed by atoms with E-state index in [-0.39, 0.29) is 12.0 Å². The lowest BCUT2D eigenvalue weighted by Gasteiger charge is -2.41. The molecule has 0 radical (unpaired) electrons. The lowest BCUT2D eigenvalue weighted by atomic mass is 9.94. The Labute approximate surface area is 134 Å². The fraction of sp³-hybridized carbons (Fsp3) is 0.333. The van der Waals surface area contributed by atoms with Gasteiger partial charge in [0.25, 0.3) is 0 Å². The normalized spacial score (nSPS) is 19.1. The van der Waals surface area contributed by atoms with Crippen molar-refractivity contribution in [1.29, 1.82) is 0 Å².